The summed E-state index contributed by atoms with van der Waals surface area (Å²) in [6, 6.07) is 0.841. The van der Waals surface area contributed by atoms with Crippen LogP contribution in [0.4, 0.5) is 22.0 Å². The fourth-order valence-corrected chi connectivity index (χ4v) is 4.28. The number of nitrogens with zero attached hydrogens (tertiary/aromatic N) is 3. The van der Waals surface area contributed by atoms with Crippen molar-refractivity contribution in [3.05, 3.63) is 29.7 Å². The van der Waals surface area contributed by atoms with Crippen LogP contribution in [-0.4, -0.2) is 45.8 Å². The molecule has 2 atom stereocenters. The number of hydrogen-bond donors (Lipinski definition) is 2. The highest BCUT2D eigenvalue weighted by molar-refractivity contribution is 5.77. The summed E-state index contributed by atoms with van der Waals surface area (Å²) >= 11 is 0. The Kier molecular flexibility index (Phi) is 6.59. The van der Waals surface area contributed by atoms with Gasteiger partial charge < -0.3 is 15.8 Å². The molecule has 1 amide bonds. The number of alkyl halides is 5. The topological polar surface area (TPSA) is 94.5 Å². The zero-order valence-corrected chi connectivity index (χ0v) is 17.8. The van der Waals surface area contributed by atoms with Crippen LogP contribution >= 0.6 is 0 Å². The highest BCUT2D eigenvalue weighted by atomic mass is 19.4. The summed E-state index contributed by atoms with van der Waals surface area (Å²) in [6.45, 7) is -2.18. The molecule has 12 heteroatoms. The maximum absolute atomic E-state index is 13.5. The number of nitrogens with two attached hydrogens (primary N) is 1. The van der Waals surface area contributed by atoms with Gasteiger partial charge in [0.2, 0.25) is 11.8 Å². The summed E-state index contributed by atoms with van der Waals surface area (Å²) in [5, 5.41) is 7.06. The molecule has 0 aromatic carbocycles. The van der Waals surface area contributed by atoms with E-state index in [4.69, 9.17) is 5.73 Å². The third-order valence-corrected chi connectivity index (χ3v) is 6.24. The number of amides is 1. The van der Waals surface area contributed by atoms with E-state index in [-0.39, 0.29) is 24.7 Å². The molecule has 2 aromatic heterocycles. The molecular weight excluding hydrogens is 449 g/mol. The van der Waals surface area contributed by atoms with Gasteiger partial charge in [0.15, 0.2) is 5.65 Å². The number of imidazole rings is 1. The van der Waals surface area contributed by atoms with Gasteiger partial charge in [-0.1, -0.05) is 0 Å². The van der Waals surface area contributed by atoms with Gasteiger partial charge in [-0.15, -0.1) is 0 Å². The first kappa shape index (κ1) is 23.8. The Labute approximate surface area is 186 Å². The third-order valence-electron chi connectivity index (χ3n) is 6.24. The average molecular weight is 475 g/mol. The highest BCUT2D eigenvalue weighted by Gasteiger charge is 2.38. The van der Waals surface area contributed by atoms with Crippen LogP contribution in [0.3, 0.4) is 0 Å². The monoisotopic (exact) mass is 475 g/mol. The number of aromatic nitrogens is 3. The molecule has 182 valence electrons. The molecule has 2 heterocycles. The van der Waals surface area contributed by atoms with Gasteiger partial charge in [0.05, 0.1) is 30.2 Å². The molecule has 33 heavy (non-hydrogen) atoms. The van der Waals surface area contributed by atoms with Gasteiger partial charge in [0, 0.05) is 12.8 Å². The summed E-state index contributed by atoms with van der Waals surface area (Å²) in [6.07, 6.45) is 0.778. The molecular formula is C21H26F5N5O2. The molecule has 4 rings (SSSR count). The van der Waals surface area contributed by atoms with Crippen LogP contribution in [0.1, 0.15) is 61.9 Å². The molecule has 2 aliphatic rings. The van der Waals surface area contributed by atoms with E-state index in [1.807, 2.05) is 0 Å². The normalized spacial score (nSPS) is 21.2. The zero-order chi connectivity index (χ0) is 23.8. The van der Waals surface area contributed by atoms with Gasteiger partial charge in [0.1, 0.15) is 13.2 Å². The molecule has 0 saturated heterocycles. The number of carbonyl (C=O) groups is 1. The largest absolute Gasteiger partial charge is 0.411 e. The molecule has 3 N–H and O–H groups in total. The summed E-state index contributed by atoms with van der Waals surface area (Å²) < 4.78 is 69.5. The molecule has 7 nitrogen and oxygen atoms in total. The first-order valence-corrected chi connectivity index (χ1v) is 10.9. The predicted molar refractivity (Wildman–Crippen MR) is 107 cm³/mol. The van der Waals surface area contributed by atoms with Crippen molar-refractivity contribution in [1.82, 2.24) is 19.9 Å². The molecule has 2 fully saturated rings. The van der Waals surface area contributed by atoms with Crippen LogP contribution in [0.15, 0.2) is 18.5 Å². The van der Waals surface area contributed by atoms with Crippen molar-refractivity contribution in [3.63, 3.8) is 0 Å². The summed E-state index contributed by atoms with van der Waals surface area (Å²) in [4.78, 5) is 16.6. The lowest BCUT2D eigenvalue weighted by atomic mass is 9.81. The van der Waals surface area contributed by atoms with Gasteiger partial charge in [-0.25, -0.2) is 18.3 Å². The van der Waals surface area contributed by atoms with Crippen LogP contribution < -0.4 is 11.1 Å². The molecule has 2 unspecified atom stereocenters. The maximum atomic E-state index is 13.5. The molecule has 0 bridgehead atoms. The van der Waals surface area contributed by atoms with Gasteiger partial charge in [-0.2, -0.15) is 18.3 Å². The van der Waals surface area contributed by atoms with E-state index in [2.05, 4.69) is 20.1 Å². The minimum atomic E-state index is -4.50. The lowest BCUT2D eigenvalue weighted by Crippen LogP contribution is -2.34. The van der Waals surface area contributed by atoms with E-state index in [0.717, 1.165) is 12.8 Å². The lowest BCUT2D eigenvalue weighted by molar-refractivity contribution is -0.175. The quantitative estimate of drug-likeness (QED) is 0.568. The second-order valence-electron chi connectivity index (χ2n) is 8.97. The van der Waals surface area contributed by atoms with Crippen molar-refractivity contribution in [2.45, 2.75) is 62.7 Å². The molecule has 2 aromatic rings. The van der Waals surface area contributed by atoms with Crippen LogP contribution in [0, 0.1) is 11.8 Å². The molecule has 2 saturated carbocycles. The lowest BCUT2D eigenvalue weighted by Gasteiger charge is -2.31. The Bertz CT molecular complexity index is 981. The van der Waals surface area contributed by atoms with Crippen molar-refractivity contribution in [2.24, 2.45) is 17.6 Å². The fraction of sp³-hybridized carbons (Fsp3) is 0.667. The SMILES string of the molecule is NC(c1cn2ncc(C(NC(=O)COCC(F)(F)F)C3CC3)cc2n1)C1CCC(F)(F)CC1. The number of rotatable bonds is 8. The smallest absolute Gasteiger partial charge is 0.362 e. The summed E-state index contributed by atoms with van der Waals surface area (Å²) in [7, 11) is 0. The van der Waals surface area contributed by atoms with Gasteiger partial charge in [0.25, 0.3) is 0 Å². The Hall–Kier alpha value is -2.34. The third kappa shape index (κ3) is 6.17. The van der Waals surface area contributed by atoms with E-state index in [9.17, 15) is 26.7 Å². The Morgan fingerprint density at radius 1 is 1.24 bits per heavy atom. The van der Waals surface area contributed by atoms with Crippen molar-refractivity contribution < 1.29 is 31.5 Å². The van der Waals surface area contributed by atoms with E-state index in [1.54, 1.807) is 18.5 Å². The molecule has 0 spiro atoms. The van der Waals surface area contributed by atoms with Crippen LogP contribution in [0.2, 0.25) is 0 Å². The average Bonchev–Trinajstić information content (AvgIpc) is 3.48. The number of nitrogens with one attached hydrogen (secondary N) is 1. The van der Waals surface area contributed by atoms with Crippen LogP contribution in [0.5, 0.6) is 0 Å². The highest BCUT2D eigenvalue weighted by Crippen LogP contribution is 2.42. The standard InChI is InChI=1S/C21H26F5N5O2/c22-20(23)5-3-12(4-6-20)18(27)15-9-31-16(29-15)7-14(8-28-31)19(13-1-2-13)30-17(32)10-33-11-21(24,25)26/h7-9,12-13,18-19H,1-6,10-11,27H2,(H,30,32). The van der Waals surface area contributed by atoms with Crippen molar-refractivity contribution in [1.29, 1.82) is 0 Å². The van der Waals surface area contributed by atoms with Gasteiger partial charge in [-0.05, 0) is 49.1 Å². The second-order valence-corrected chi connectivity index (χ2v) is 8.97. The van der Waals surface area contributed by atoms with Crippen molar-refractivity contribution in [2.75, 3.05) is 13.2 Å². The zero-order valence-electron chi connectivity index (χ0n) is 17.8. The molecule has 0 aliphatic heterocycles. The Balaban J connectivity index is 1.43. The first-order valence-electron chi connectivity index (χ1n) is 10.9. The Morgan fingerprint density at radius 2 is 1.94 bits per heavy atom. The summed E-state index contributed by atoms with van der Waals surface area (Å²) in [5.41, 5.74) is 8.05. The maximum Gasteiger partial charge on any atom is 0.411 e. The van der Waals surface area contributed by atoms with E-state index < -0.39 is 43.3 Å². The van der Waals surface area contributed by atoms with Gasteiger partial charge in [-0.3, -0.25) is 4.79 Å². The van der Waals surface area contributed by atoms with Gasteiger partial charge >= 0.3 is 6.18 Å². The molecule has 0 radical (unpaired) electrons. The second kappa shape index (κ2) is 9.13. The van der Waals surface area contributed by atoms with E-state index >= 15 is 0 Å². The fourth-order valence-electron chi connectivity index (χ4n) is 4.28. The number of fused-ring (bicyclic) bond motifs is 1. The predicted octanol–water partition coefficient (Wildman–Crippen LogP) is 3.70. The molecule has 2 aliphatic carbocycles. The van der Waals surface area contributed by atoms with E-state index in [0.29, 0.717) is 29.7 Å². The number of halogens is 5. The number of carbonyl (C=O) groups excluding carboxylic acids is 1. The first-order chi connectivity index (χ1) is 15.5. The van der Waals surface area contributed by atoms with Crippen LogP contribution in [0.25, 0.3) is 5.65 Å². The van der Waals surface area contributed by atoms with Crippen molar-refractivity contribution >= 4 is 11.6 Å². The van der Waals surface area contributed by atoms with Crippen molar-refractivity contribution in [3.8, 4) is 0 Å². The number of hydrogen-bond acceptors (Lipinski definition) is 5. The minimum absolute atomic E-state index is 0.0933. The number of ether oxygens (including phenoxy) is 1. The van der Waals surface area contributed by atoms with Crippen LogP contribution in [-0.2, 0) is 9.53 Å². The summed E-state index contributed by atoms with van der Waals surface area (Å²) in [5.74, 6) is -3.21. The Morgan fingerprint density at radius 3 is 2.58 bits per heavy atom. The van der Waals surface area contributed by atoms with E-state index in [1.165, 1.54) is 4.52 Å². The minimum Gasteiger partial charge on any atom is -0.362 e.